The first kappa shape index (κ1) is 64.4. The van der Waals surface area contributed by atoms with E-state index in [2.05, 4.69) is 104 Å². The van der Waals surface area contributed by atoms with Crippen LogP contribution in [0.1, 0.15) is 288 Å². The van der Waals surface area contributed by atoms with E-state index in [1.807, 2.05) is 6.20 Å². The Bertz CT molecular complexity index is 868. The van der Waals surface area contributed by atoms with Crippen molar-refractivity contribution >= 4 is 17.1 Å². The number of unbranched alkanes of at least 4 members (excludes halogenated alkanes) is 22. The predicted octanol–water partition coefficient (Wildman–Crippen LogP) is 20.5. The Hall–Kier alpha value is -0.930. The summed E-state index contributed by atoms with van der Waals surface area (Å²) in [5, 5.41) is 0. The predicted molar refractivity (Wildman–Crippen MR) is 288 cm³/mol. The van der Waals surface area contributed by atoms with E-state index in [1.165, 1.54) is 248 Å². The Balaban J connectivity index is -0.000000845. The SMILES string of the molecule is C=C(C)C(CCCCCC)CCCCCCCC.C=CN(/C=C\C)CCCN(CCCCCCC)CC(C)CCCCC.CCCCCCCCC(CCCCCC)C(C)=S. The van der Waals surface area contributed by atoms with Crippen molar-refractivity contribution in [3.05, 3.63) is 37.2 Å². The molecule has 3 unspecified atom stereocenters. The van der Waals surface area contributed by atoms with Crippen LogP contribution < -0.4 is 0 Å². The van der Waals surface area contributed by atoms with Gasteiger partial charge >= 0.3 is 0 Å². The molecule has 0 saturated carbocycles. The lowest BCUT2D eigenvalue weighted by Gasteiger charge is -2.27. The van der Waals surface area contributed by atoms with Crippen LogP contribution in [-0.4, -0.2) is 40.8 Å². The van der Waals surface area contributed by atoms with Gasteiger partial charge in [-0.05, 0) is 114 Å². The van der Waals surface area contributed by atoms with Gasteiger partial charge in [0.2, 0.25) is 0 Å². The third-order valence-corrected chi connectivity index (χ3v) is 13.1. The average Bonchev–Trinajstić information content (AvgIpc) is 3.24. The molecule has 0 aromatic rings. The molecule has 0 radical (unpaired) electrons. The van der Waals surface area contributed by atoms with Gasteiger partial charge in [0.05, 0.1) is 0 Å². The second-order valence-electron chi connectivity index (χ2n) is 19.2. The molecule has 0 heterocycles. The van der Waals surface area contributed by atoms with Crippen molar-refractivity contribution in [2.24, 2.45) is 17.8 Å². The molecule has 0 fully saturated rings. The van der Waals surface area contributed by atoms with Crippen LogP contribution in [0.25, 0.3) is 0 Å². The Labute approximate surface area is 393 Å². The highest BCUT2D eigenvalue weighted by molar-refractivity contribution is 7.80. The second-order valence-corrected chi connectivity index (χ2v) is 19.9. The molecule has 364 valence electrons. The lowest BCUT2D eigenvalue weighted by Crippen LogP contribution is -2.32. The summed E-state index contributed by atoms with van der Waals surface area (Å²) in [4.78, 5) is 6.17. The maximum absolute atomic E-state index is 5.41. The van der Waals surface area contributed by atoms with E-state index >= 15 is 0 Å². The van der Waals surface area contributed by atoms with Crippen LogP contribution >= 0.6 is 12.2 Å². The summed E-state index contributed by atoms with van der Waals surface area (Å²) < 4.78 is 0. The van der Waals surface area contributed by atoms with E-state index in [0.717, 1.165) is 24.3 Å². The largest absolute Gasteiger partial charge is 0.355 e. The van der Waals surface area contributed by atoms with E-state index in [9.17, 15) is 0 Å². The fourth-order valence-corrected chi connectivity index (χ4v) is 8.80. The minimum absolute atomic E-state index is 0.725. The molecule has 0 bridgehead atoms. The number of hydrogen-bond acceptors (Lipinski definition) is 3. The van der Waals surface area contributed by atoms with Gasteiger partial charge in [-0.3, -0.25) is 0 Å². The van der Waals surface area contributed by atoms with Crippen molar-refractivity contribution in [2.75, 3.05) is 26.2 Å². The minimum Gasteiger partial charge on any atom is -0.355 e. The van der Waals surface area contributed by atoms with Gasteiger partial charge in [-0.25, -0.2) is 0 Å². The van der Waals surface area contributed by atoms with E-state index in [4.69, 9.17) is 12.2 Å². The first-order valence-electron chi connectivity index (χ1n) is 27.5. The van der Waals surface area contributed by atoms with E-state index < -0.39 is 0 Å². The first-order chi connectivity index (χ1) is 29.6. The number of hydrogen-bond donors (Lipinski definition) is 0. The van der Waals surface area contributed by atoms with Crippen LogP contribution in [-0.2, 0) is 0 Å². The Kier molecular flexibility index (Phi) is 56.3. The highest BCUT2D eigenvalue weighted by Gasteiger charge is 2.12. The zero-order chi connectivity index (χ0) is 46.0. The van der Waals surface area contributed by atoms with Crippen LogP contribution in [0.15, 0.2) is 37.2 Å². The molecule has 0 aliphatic carbocycles. The van der Waals surface area contributed by atoms with E-state index in [0.29, 0.717) is 0 Å². The average molecular weight is 874 g/mol. The summed E-state index contributed by atoms with van der Waals surface area (Å²) in [7, 11) is 0. The van der Waals surface area contributed by atoms with Crippen molar-refractivity contribution < 1.29 is 0 Å². The molecule has 2 nitrogen and oxygen atoms in total. The highest BCUT2D eigenvalue weighted by atomic mass is 32.1. The third-order valence-electron chi connectivity index (χ3n) is 12.8. The van der Waals surface area contributed by atoms with E-state index in [-0.39, 0.29) is 0 Å². The number of thiocarbonyl (C=S) groups is 1. The number of rotatable bonds is 44. The Morgan fingerprint density at radius 3 is 1.21 bits per heavy atom. The van der Waals surface area contributed by atoms with Crippen molar-refractivity contribution in [2.45, 2.75) is 288 Å². The molecule has 0 rings (SSSR count). The van der Waals surface area contributed by atoms with Crippen LogP contribution in [0, 0.1) is 17.8 Å². The molecule has 0 aliphatic heterocycles. The van der Waals surface area contributed by atoms with Gasteiger partial charge in [-0.15, -0.1) is 0 Å². The minimum atomic E-state index is 0.725. The van der Waals surface area contributed by atoms with E-state index in [1.54, 1.807) is 0 Å². The lowest BCUT2D eigenvalue weighted by molar-refractivity contribution is 0.218. The molecular formula is C58H116N2S. The first-order valence-corrected chi connectivity index (χ1v) is 27.9. The zero-order valence-electron chi connectivity index (χ0n) is 44.1. The smallest absolute Gasteiger partial charge is 0.0231 e. The molecular weight excluding hydrogens is 757 g/mol. The fraction of sp³-hybridized carbons (Fsp3) is 0.879. The molecule has 3 heteroatoms. The van der Waals surface area contributed by atoms with Gasteiger partial charge < -0.3 is 9.80 Å². The summed E-state index contributed by atoms with van der Waals surface area (Å²) in [6.07, 6.45) is 53.1. The normalized spacial score (nSPS) is 12.7. The summed E-state index contributed by atoms with van der Waals surface area (Å²) in [6.45, 7) is 35.5. The van der Waals surface area contributed by atoms with Crippen molar-refractivity contribution in [1.29, 1.82) is 0 Å². The van der Waals surface area contributed by atoms with Crippen LogP contribution in [0.4, 0.5) is 0 Å². The molecule has 0 saturated heterocycles. The zero-order valence-corrected chi connectivity index (χ0v) is 44.9. The van der Waals surface area contributed by atoms with Gasteiger partial charge in [0.1, 0.15) is 0 Å². The molecule has 0 spiro atoms. The van der Waals surface area contributed by atoms with Gasteiger partial charge in [0.15, 0.2) is 0 Å². The Morgan fingerprint density at radius 2 is 0.820 bits per heavy atom. The van der Waals surface area contributed by atoms with Gasteiger partial charge in [-0.2, -0.15) is 0 Å². The molecule has 0 aromatic heterocycles. The molecule has 61 heavy (non-hydrogen) atoms. The molecule has 0 aromatic carbocycles. The standard InChI is InChI=1S/C23H46N2.C18H36.C17H34S/c1-6-10-12-13-15-19-25(22-23(5)17-14-11-7-2)21-16-20-24(9-4)18-8-3;1-5-7-9-11-12-14-16-18(17(3)4)15-13-10-8-6-2;1-4-6-8-10-11-13-15-17(16(3)18)14-12-9-7-5-2/h8-9,18,23H,4,6-7,10-17,19-22H2,1-3,5H3;18H,3,5-16H2,1-2,4H3;17H,4-15H2,1-3H3/b18-8-;;. The van der Waals surface area contributed by atoms with Crippen LogP contribution in [0.2, 0.25) is 0 Å². The van der Waals surface area contributed by atoms with Crippen molar-refractivity contribution in [1.82, 2.24) is 9.80 Å². The topological polar surface area (TPSA) is 6.48 Å². The Morgan fingerprint density at radius 1 is 0.475 bits per heavy atom. The molecule has 0 N–H and O–H groups in total. The van der Waals surface area contributed by atoms with Gasteiger partial charge in [-0.1, -0.05) is 259 Å². The maximum atomic E-state index is 5.41. The second kappa shape index (κ2) is 53.4. The quantitative estimate of drug-likeness (QED) is 0.0342. The summed E-state index contributed by atoms with van der Waals surface area (Å²) >= 11 is 5.41. The molecule has 3 atom stereocenters. The van der Waals surface area contributed by atoms with Crippen LogP contribution in [0.3, 0.4) is 0 Å². The number of allylic oxidation sites excluding steroid dienone is 2. The van der Waals surface area contributed by atoms with Crippen molar-refractivity contribution in [3.8, 4) is 0 Å². The monoisotopic (exact) mass is 873 g/mol. The lowest BCUT2D eigenvalue weighted by atomic mass is 9.89. The number of nitrogens with zero attached hydrogens (tertiary/aromatic N) is 2. The summed E-state index contributed by atoms with van der Waals surface area (Å²) in [6, 6.07) is 0. The third kappa shape index (κ3) is 49.9. The van der Waals surface area contributed by atoms with Crippen molar-refractivity contribution in [3.63, 3.8) is 0 Å². The van der Waals surface area contributed by atoms with Gasteiger partial charge in [0, 0.05) is 13.1 Å². The summed E-state index contributed by atoms with van der Waals surface area (Å²) in [5.41, 5.74) is 1.42. The molecule has 0 aliphatic rings. The highest BCUT2D eigenvalue weighted by Crippen LogP contribution is 2.24. The molecule has 0 amide bonds. The summed E-state index contributed by atoms with van der Waals surface area (Å²) in [5.74, 6) is 2.35. The fourth-order valence-electron chi connectivity index (χ4n) is 8.57. The van der Waals surface area contributed by atoms with Crippen LogP contribution in [0.5, 0.6) is 0 Å². The maximum Gasteiger partial charge on any atom is 0.0231 e. The van der Waals surface area contributed by atoms with Gasteiger partial charge in [0.25, 0.3) is 0 Å².